The molecule has 0 radical (unpaired) electrons. The summed E-state index contributed by atoms with van der Waals surface area (Å²) in [6, 6.07) is 3.57. The standard InChI is InChI=1S/C12H12ClN3S/c1-3-8-7(2)15-11(16-12(8)17)10-9(13)5-4-6-14-10/h4-6H,3H2,1-2H3,(H,15,16,17). The van der Waals surface area contributed by atoms with Gasteiger partial charge in [0.2, 0.25) is 0 Å². The van der Waals surface area contributed by atoms with Crippen LogP contribution in [0.25, 0.3) is 11.5 Å². The van der Waals surface area contributed by atoms with Crippen molar-refractivity contribution in [1.82, 2.24) is 15.0 Å². The van der Waals surface area contributed by atoms with Crippen LogP contribution in [0.3, 0.4) is 0 Å². The minimum absolute atomic E-state index is 0.564. The van der Waals surface area contributed by atoms with Gasteiger partial charge in [-0.05, 0) is 25.5 Å². The van der Waals surface area contributed by atoms with E-state index in [2.05, 4.69) is 21.9 Å². The molecule has 0 amide bonds. The summed E-state index contributed by atoms with van der Waals surface area (Å²) in [5.74, 6) is 0.621. The zero-order valence-electron chi connectivity index (χ0n) is 9.62. The third-order valence-electron chi connectivity index (χ3n) is 2.57. The van der Waals surface area contributed by atoms with Crippen molar-refractivity contribution in [1.29, 1.82) is 0 Å². The molecule has 2 aromatic rings. The number of H-pyrrole nitrogens is 1. The number of aromatic amines is 1. The SMILES string of the molecule is CCc1c(C)[nH]c(-c2ncccc2Cl)nc1=S. The summed E-state index contributed by atoms with van der Waals surface area (Å²) in [4.78, 5) is 11.8. The van der Waals surface area contributed by atoms with Crippen molar-refractivity contribution in [2.24, 2.45) is 0 Å². The maximum Gasteiger partial charge on any atom is 0.159 e. The lowest BCUT2D eigenvalue weighted by atomic mass is 10.2. The van der Waals surface area contributed by atoms with Crippen LogP contribution in [-0.2, 0) is 6.42 Å². The van der Waals surface area contributed by atoms with Crippen LogP contribution >= 0.6 is 23.8 Å². The van der Waals surface area contributed by atoms with Gasteiger partial charge in [0.05, 0.1) is 5.02 Å². The molecule has 0 aromatic carbocycles. The van der Waals surface area contributed by atoms with Crippen molar-refractivity contribution in [2.45, 2.75) is 20.3 Å². The average Bonchev–Trinajstić information content (AvgIpc) is 2.29. The average molecular weight is 266 g/mol. The van der Waals surface area contributed by atoms with Gasteiger partial charge in [0.1, 0.15) is 10.3 Å². The molecule has 2 heterocycles. The van der Waals surface area contributed by atoms with Gasteiger partial charge < -0.3 is 4.98 Å². The van der Waals surface area contributed by atoms with Crippen molar-refractivity contribution in [3.63, 3.8) is 0 Å². The Labute approximate surface area is 110 Å². The lowest BCUT2D eigenvalue weighted by molar-refractivity contribution is 0.983. The predicted molar refractivity (Wildman–Crippen MR) is 71.8 cm³/mol. The first-order valence-corrected chi connectivity index (χ1v) is 6.12. The van der Waals surface area contributed by atoms with Gasteiger partial charge in [-0.1, -0.05) is 30.7 Å². The Balaban J connectivity index is 2.63. The summed E-state index contributed by atoms with van der Waals surface area (Å²) in [5.41, 5.74) is 2.71. The second-order valence-corrected chi connectivity index (χ2v) is 4.48. The van der Waals surface area contributed by atoms with E-state index in [0.717, 1.165) is 17.7 Å². The molecule has 0 unspecified atom stereocenters. The second-order valence-electron chi connectivity index (χ2n) is 3.68. The van der Waals surface area contributed by atoms with Gasteiger partial charge in [-0.25, -0.2) is 4.98 Å². The largest absolute Gasteiger partial charge is 0.342 e. The fraction of sp³-hybridized carbons (Fsp3) is 0.250. The molecule has 5 heteroatoms. The number of aryl methyl sites for hydroxylation is 1. The first kappa shape index (κ1) is 12.2. The zero-order valence-corrected chi connectivity index (χ0v) is 11.2. The number of pyridine rings is 1. The molecule has 0 bridgehead atoms. The fourth-order valence-corrected chi connectivity index (χ4v) is 2.30. The van der Waals surface area contributed by atoms with Crippen LogP contribution in [-0.4, -0.2) is 15.0 Å². The highest BCUT2D eigenvalue weighted by molar-refractivity contribution is 7.71. The Morgan fingerprint density at radius 1 is 1.47 bits per heavy atom. The normalized spacial score (nSPS) is 10.5. The Morgan fingerprint density at radius 2 is 2.24 bits per heavy atom. The number of hydrogen-bond acceptors (Lipinski definition) is 3. The van der Waals surface area contributed by atoms with Crippen LogP contribution in [0.1, 0.15) is 18.2 Å². The highest BCUT2D eigenvalue weighted by Gasteiger charge is 2.09. The predicted octanol–water partition coefficient (Wildman–Crippen LogP) is 3.73. The lowest BCUT2D eigenvalue weighted by Crippen LogP contribution is -2.00. The molecule has 2 aromatic heterocycles. The number of aromatic nitrogens is 3. The summed E-state index contributed by atoms with van der Waals surface area (Å²) < 4.78 is 0.612. The molecule has 88 valence electrons. The van der Waals surface area contributed by atoms with E-state index in [1.54, 1.807) is 18.3 Å². The monoisotopic (exact) mass is 265 g/mol. The van der Waals surface area contributed by atoms with Crippen molar-refractivity contribution < 1.29 is 0 Å². The van der Waals surface area contributed by atoms with E-state index >= 15 is 0 Å². The fourth-order valence-electron chi connectivity index (χ4n) is 1.70. The van der Waals surface area contributed by atoms with Crippen LogP contribution in [0, 0.1) is 11.6 Å². The molecule has 3 nitrogen and oxygen atoms in total. The van der Waals surface area contributed by atoms with Crippen LogP contribution in [0.15, 0.2) is 18.3 Å². The van der Waals surface area contributed by atoms with Gasteiger partial charge in [0.25, 0.3) is 0 Å². The number of hydrogen-bond donors (Lipinski definition) is 1. The highest BCUT2D eigenvalue weighted by Crippen LogP contribution is 2.23. The minimum Gasteiger partial charge on any atom is -0.342 e. The highest BCUT2D eigenvalue weighted by atomic mass is 35.5. The third-order valence-corrected chi connectivity index (χ3v) is 3.21. The van der Waals surface area contributed by atoms with Gasteiger partial charge in [-0.2, -0.15) is 0 Å². The Kier molecular flexibility index (Phi) is 3.54. The van der Waals surface area contributed by atoms with E-state index in [4.69, 9.17) is 23.8 Å². The molecule has 0 aliphatic heterocycles. The number of rotatable bonds is 2. The quantitative estimate of drug-likeness (QED) is 0.842. The summed E-state index contributed by atoms with van der Waals surface area (Å²) in [6.45, 7) is 4.04. The molecule has 0 saturated heterocycles. The summed E-state index contributed by atoms with van der Waals surface area (Å²) in [6.07, 6.45) is 2.55. The first-order chi connectivity index (χ1) is 8.13. The van der Waals surface area contributed by atoms with Crippen LogP contribution in [0.5, 0.6) is 0 Å². The van der Waals surface area contributed by atoms with Gasteiger partial charge in [0.15, 0.2) is 5.82 Å². The summed E-state index contributed by atoms with van der Waals surface area (Å²) in [5, 5.41) is 0.564. The third kappa shape index (κ3) is 2.37. The molecule has 0 atom stereocenters. The van der Waals surface area contributed by atoms with E-state index < -0.39 is 0 Å². The van der Waals surface area contributed by atoms with Crippen molar-refractivity contribution in [3.05, 3.63) is 39.3 Å². The van der Waals surface area contributed by atoms with E-state index in [1.807, 2.05) is 6.92 Å². The van der Waals surface area contributed by atoms with E-state index in [9.17, 15) is 0 Å². The number of halogens is 1. The molecule has 1 N–H and O–H groups in total. The van der Waals surface area contributed by atoms with Crippen molar-refractivity contribution in [2.75, 3.05) is 0 Å². The summed E-state index contributed by atoms with van der Waals surface area (Å²) >= 11 is 11.3. The topological polar surface area (TPSA) is 41.6 Å². The van der Waals surface area contributed by atoms with E-state index in [1.165, 1.54) is 0 Å². The van der Waals surface area contributed by atoms with Crippen LogP contribution in [0.4, 0.5) is 0 Å². The Hall–Kier alpha value is -1.26. The molecule has 0 saturated carbocycles. The Morgan fingerprint density at radius 3 is 2.82 bits per heavy atom. The van der Waals surface area contributed by atoms with Crippen LogP contribution < -0.4 is 0 Å². The maximum atomic E-state index is 6.08. The van der Waals surface area contributed by atoms with Crippen molar-refractivity contribution >= 4 is 23.8 Å². The minimum atomic E-state index is 0.564. The van der Waals surface area contributed by atoms with Crippen LogP contribution in [0.2, 0.25) is 5.02 Å². The molecule has 2 rings (SSSR count). The van der Waals surface area contributed by atoms with Gasteiger partial charge >= 0.3 is 0 Å². The molecule has 0 spiro atoms. The van der Waals surface area contributed by atoms with E-state index in [0.29, 0.717) is 21.2 Å². The number of nitrogens with one attached hydrogen (secondary N) is 1. The first-order valence-electron chi connectivity index (χ1n) is 5.34. The number of nitrogens with zero attached hydrogens (tertiary/aromatic N) is 2. The maximum absolute atomic E-state index is 6.08. The van der Waals surface area contributed by atoms with Crippen molar-refractivity contribution in [3.8, 4) is 11.5 Å². The van der Waals surface area contributed by atoms with E-state index in [-0.39, 0.29) is 0 Å². The molecule has 0 aliphatic rings. The smallest absolute Gasteiger partial charge is 0.159 e. The molecular weight excluding hydrogens is 254 g/mol. The summed E-state index contributed by atoms with van der Waals surface area (Å²) in [7, 11) is 0. The molecule has 0 aliphatic carbocycles. The van der Waals surface area contributed by atoms with Gasteiger partial charge in [-0.3, -0.25) is 4.98 Å². The lowest BCUT2D eigenvalue weighted by Gasteiger charge is -2.07. The zero-order chi connectivity index (χ0) is 12.4. The molecular formula is C12H12ClN3S. The molecule has 17 heavy (non-hydrogen) atoms. The molecule has 0 fully saturated rings. The van der Waals surface area contributed by atoms with Gasteiger partial charge in [0, 0.05) is 17.5 Å². The second kappa shape index (κ2) is 4.94. The Bertz CT molecular complexity index is 607. The van der Waals surface area contributed by atoms with Gasteiger partial charge in [-0.15, -0.1) is 0 Å².